The highest BCUT2D eigenvalue weighted by molar-refractivity contribution is 5.81. The second-order valence-electron chi connectivity index (χ2n) is 11.3. The smallest absolute Gasteiger partial charge is 0.330 e. The fraction of sp³-hybridized carbons (Fsp3) is 0.743. The van der Waals surface area contributed by atoms with Gasteiger partial charge >= 0.3 is 5.97 Å². The van der Waals surface area contributed by atoms with Crippen LogP contribution in [0.1, 0.15) is 160 Å². The number of rotatable bonds is 27. The zero-order valence-electron chi connectivity index (χ0n) is 25.5. The maximum Gasteiger partial charge on any atom is 0.330 e. The van der Waals surface area contributed by atoms with Crippen LogP contribution in [-0.4, -0.2) is 24.8 Å². The normalized spacial score (nSPS) is 11.8. The number of benzene rings is 1. The molecule has 1 aromatic rings. The van der Waals surface area contributed by atoms with Gasteiger partial charge in [0.15, 0.2) is 11.5 Å². The van der Waals surface area contributed by atoms with Crippen LogP contribution < -0.4 is 4.74 Å². The number of ether oxygens (including phenoxy) is 2. The first-order valence-electron chi connectivity index (χ1n) is 16.3. The summed E-state index contributed by atoms with van der Waals surface area (Å²) in [4.78, 5) is 11.4. The van der Waals surface area contributed by atoms with E-state index in [1.54, 1.807) is 13.2 Å². The summed E-state index contributed by atoms with van der Waals surface area (Å²) in [5.41, 5.74) is 1.12. The number of esters is 1. The van der Waals surface area contributed by atoms with Gasteiger partial charge in [0.05, 0.1) is 13.7 Å². The molecule has 0 saturated heterocycles. The Morgan fingerprint density at radius 2 is 1.23 bits per heavy atom. The zero-order valence-corrected chi connectivity index (χ0v) is 25.5. The van der Waals surface area contributed by atoms with E-state index in [-0.39, 0.29) is 17.6 Å². The van der Waals surface area contributed by atoms with E-state index in [0.29, 0.717) is 12.4 Å². The first-order valence-corrected chi connectivity index (χ1v) is 16.3. The van der Waals surface area contributed by atoms with Gasteiger partial charge in [-0.15, -0.1) is 0 Å². The van der Waals surface area contributed by atoms with E-state index in [0.717, 1.165) is 24.8 Å². The van der Waals surface area contributed by atoms with E-state index in [4.69, 9.17) is 9.47 Å². The Bertz CT molecular complexity index is 729. The molecule has 39 heavy (non-hydrogen) atoms. The van der Waals surface area contributed by atoms with Crippen molar-refractivity contribution in [2.24, 2.45) is 0 Å². The molecular weight excluding hydrogens is 484 g/mol. The Kier molecular flexibility index (Phi) is 22.5. The quantitative estimate of drug-likeness (QED) is 0.0680. The number of unbranched alkanes of at least 4 members (excludes halogenated alkanes) is 19. The molecule has 0 fully saturated rings. The molecule has 0 spiro atoms. The minimum Gasteiger partial charge on any atom is -0.504 e. The predicted molar refractivity (Wildman–Crippen MR) is 166 cm³/mol. The van der Waals surface area contributed by atoms with Gasteiger partial charge in [-0.05, 0) is 36.5 Å². The minimum atomic E-state index is -0.379. The monoisotopic (exact) mass is 544 g/mol. The zero-order chi connectivity index (χ0) is 28.4. The lowest BCUT2D eigenvalue weighted by Gasteiger charge is -2.18. The van der Waals surface area contributed by atoms with E-state index in [9.17, 15) is 9.90 Å². The average molecular weight is 545 g/mol. The van der Waals surface area contributed by atoms with Gasteiger partial charge in [0.25, 0.3) is 0 Å². The molecule has 0 aliphatic rings. The number of hydrogen-bond acceptors (Lipinski definition) is 4. The lowest BCUT2D eigenvalue weighted by Crippen LogP contribution is -2.08. The number of phenols is 1. The molecule has 224 valence electrons. The van der Waals surface area contributed by atoms with Crippen LogP contribution in [0.2, 0.25) is 0 Å². The molecule has 1 rings (SSSR count). The Balaban J connectivity index is 2.05. The van der Waals surface area contributed by atoms with E-state index in [1.165, 1.54) is 128 Å². The Labute approximate surface area is 241 Å². The van der Waals surface area contributed by atoms with Crippen LogP contribution in [0.25, 0.3) is 0 Å². The first kappa shape index (κ1) is 35.1. The molecule has 0 aliphatic heterocycles. The number of hydrogen-bond donors (Lipinski definition) is 1. The molecule has 0 saturated carbocycles. The van der Waals surface area contributed by atoms with Crippen molar-refractivity contribution >= 4 is 5.97 Å². The van der Waals surface area contributed by atoms with Crippen LogP contribution in [0.4, 0.5) is 0 Å². The lowest BCUT2D eigenvalue weighted by molar-refractivity contribution is -0.137. The van der Waals surface area contributed by atoms with Crippen molar-refractivity contribution in [2.75, 3.05) is 13.7 Å². The molecule has 0 aliphatic carbocycles. The second kappa shape index (κ2) is 25.0. The van der Waals surface area contributed by atoms with E-state index < -0.39 is 0 Å². The molecule has 1 N–H and O–H groups in total. The fourth-order valence-corrected chi connectivity index (χ4v) is 5.43. The molecule has 0 aromatic heterocycles. The largest absolute Gasteiger partial charge is 0.504 e. The third-order valence-corrected chi connectivity index (χ3v) is 7.96. The second-order valence-corrected chi connectivity index (χ2v) is 11.3. The van der Waals surface area contributed by atoms with Crippen molar-refractivity contribution in [2.45, 2.75) is 154 Å². The van der Waals surface area contributed by atoms with Crippen molar-refractivity contribution in [3.63, 3.8) is 0 Å². The molecule has 0 heterocycles. The summed E-state index contributed by atoms with van der Waals surface area (Å²) >= 11 is 0. The average Bonchev–Trinajstić information content (AvgIpc) is 2.95. The van der Waals surface area contributed by atoms with Crippen molar-refractivity contribution < 1.29 is 19.4 Å². The predicted octanol–water partition coefficient (Wildman–Crippen LogP) is 10.8. The summed E-state index contributed by atoms with van der Waals surface area (Å²) in [6.07, 6.45) is 30.7. The molecule has 1 atom stereocenters. The Hall–Kier alpha value is -1.97. The van der Waals surface area contributed by atoms with Crippen LogP contribution >= 0.6 is 0 Å². The van der Waals surface area contributed by atoms with E-state index in [1.807, 2.05) is 12.1 Å². The number of carbonyl (C=O) groups is 1. The molecule has 0 radical (unpaired) electrons. The molecule has 4 nitrogen and oxygen atoms in total. The number of phenolic OH excluding ortho intramolecular Hbond substituents is 1. The molecule has 0 amide bonds. The maximum atomic E-state index is 11.4. The van der Waals surface area contributed by atoms with Gasteiger partial charge in [0.2, 0.25) is 0 Å². The Morgan fingerprint density at radius 3 is 1.67 bits per heavy atom. The summed E-state index contributed by atoms with van der Waals surface area (Å²) in [5, 5.41) is 9.94. The first-order chi connectivity index (χ1) is 19.1. The van der Waals surface area contributed by atoms with Gasteiger partial charge in [-0.25, -0.2) is 4.79 Å². The molecule has 4 heteroatoms. The number of aromatic hydroxyl groups is 1. The van der Waals surface area contributed by atoms with E-state index in [2.05, 4.69) is 13.5 Å². The van der Waals surface area contributed by atoms with Gasteiger partial charge in [0, 0.05) is 6.08 Å². The number of methoxy groups -OCH3 is 1. The van der Waals surface area contributed by atoms with Crippen molar-refractivity contribution in [1.29, 1.82) is 0 Å². The summed E-state index contributed by atoms with van der Waals surface area (Å²) in [6, 6.07) is 5.55. The summed E-state index contributed by atoms with van der Waals surface area (Å²) in [6.45, 7) is 6.12. The molecule has 0 bridgehead atoms. The molecule has 1 aromatic carbocycles. The Morgan fingerprint density at radius 1 is 0.769 bits per heavy atom. The SMILES string of the molecule is C=CC(=O)OCCC(CCCCCCCCCCCCCCCCCCCCCC)c1ccc(O)c(OC)c1. The van der Waals surface area contributed by atoms with Gasteiger partial charge in [-0.3, -0.25) is 0 Å². The van der Waals surface area contributed by atoms with Crippen molar-refractivity contribution in [3.05, 3.63) is 36.4 Å². The molecule has 1 unspecified atom stereocenters. The highest BCUT2D eigenvalue weighted by atomic mass is 16.5. The highest BCUT2D eigenvalue weighted by Crippen LogP contribution is 2.33. The third kappa shape index (κ3) is 18.9. The van der Waals surface area contributed by atoms with Crippen molar-refractivity contribution in [3.8, 4) is 11.5 Å². The van der Waals surface area contributed by atoms with Crippen LogP contribution in [0.15, 0.2) is 30.9 Å². The summed E-state index contributed by atoms with van der Waals surface area (Å²) < 4.78 is 10.5. The number of carbonyl (C=O) groups excluding carboxylic acids is 1. The molecular formula is C35H60O4. The van der Waals surface area contributed by atoms with Gasteiger partial charge in [-0.1, -0.05) is 148 Å². The van der Waals surface area contributed by atoms with Gasteiger partial charge in [-0.2, -0.15) is 0 Å². The van der Waals surface area contributed by atoms with Gasteiger partial charge < -0.3 is 14.6 Å². The third-order valence-electron chi connectivity index (χ3n) is 7.96. The standard InChI is InChI=1S/C35H60O4/c1-4-6-7-8-9-10-11-12-13-14-15-16-17-18-19-20-21-22-23-24-25-31(28-29-39-35(37)5-2)32-26-27-33(36)34(30-32)38-3/h5,26-27,30-31,36H,2,4,6-25,28-29H2,1,3H3. The maximum absolute atomic E-state index is 11.4. The summed E-state index contributed by atoms with van der Waals surface area (Å²) in [7, 11) is 1.57. The van der Waals surface area contributed by atoms with Crippen LogP contribution in [-0.2, 0) is 9.53 Å². The van der Waals surface area contributed by atoms with Crippen LogP contribution in [0.5, 0.6) is 11.5 Å². The lowest BCUT2D eigenvalue weighted by atomic mass is 9.90. The summed E-state index contributed by atoms with van der Waals surface area (Å²) in [5.74, 6) is 0.532. The minimum absolute atomic E-state index is 0.150. The van der Waals surface area contributed by atoms with Crippen LogP contribution in [0.3, 0.4) is 0 Å². The van der Waals surface area contributed by atoms with Crippen LogP contribution in [0, 0.1) is 0 Å². The highest BCUT2D eigenvalue weighted by Gasteiger charge is 2.15. The van der Waals surface area contributed by atoms with Gasteiger partial charge in [0.1, 0.15) is 0 Å². The fourth-order valence-electron chi connectivity index (χ4n) is 5.43. The van der Waals surface area contributed by atoms with E-state index >= 15 is 0 Å². The van der Waals surface area contributed by atoms with Crippen molar-refractivity contribution in [1.82, 2.24) is 0 Å². The topological polar surface area (TPSA) is 55.8 Å².